The first-order valence-corrected chi connectivity index (χ1v) is 9.04. The highest BCUT2D eigenvalue weighted by Crippen LogP contribution is 2.32. The largest absolute Gasteiger partial charge is 0.324 e. The lowest BCUT2D eigenvalue weighted by Gasteiger charge is -2.18. The van der Waals surface area contributed by atoms with Crippen molar-refractivity contribution in [1.29, 1.82) is 0 Å². The first-order chi connectivity index (χ1) is 11.6. The molecule has 0 saturated carbocycles. The van der Waals surface area contributed by atoms with Crippen LogP contribution in [0.15, 0.2) is 47.4 Å². The summed E-state index contributed by atoms with van der Waals surface area (Å²) in [6.07, 6.45) is 1.01. The molecule has 2 aromatic rings. The fourth-order valence-corrected chi connectivity index (χ4v) is 3.47. The molecule has 0 fully saturated rings. The van der Waals surface area contributed by atoms with Gasteiger partial charge in [-0.15, -0.1) is 11.8 Å². The molecule has 124 valence electrons. The van der Waals surface area contributed by atoms with Gasteiger partial charge in [0.25, 0.3) is 5.91 Å². The number of carbonyl (C=O) groups is 2. The first-order valence-electron chi connectivity index (χ1n) is 8.05. The lowest BCUT2D eigenvalue weighted by Crippen LogP contribution is -2.20. The van der Waals surface area contributed by atoms with E-state index in [2.05, 4.69) is 24.5 Å². The third kappa shape index (κ3) is 3.46. The number of nitrogens with one attached hydrogen (secondary N) is 2. The van der Waals surface area contributed by atoms with Crippen LogP contribution in [0.3, 0.4) is 0 Å². The Bertz CT molecular complexity index is 789. The lowest BCUT2D eigenvalue weighted by molar-refractivity contribution is -0.113. The van der Waals surface area contributed by atoms with E-state index >= 15 is 0 Å². The standard InChI is InChI=1S/C19H20N2O2S/c1-3-12(2)14-6-4-5-7-15(14)21-19(23)13-8-9-17-16(10-13)20-18(22)11-24-17/h4-10,12H,3,11H2,1-2H3,(H,20,22)(H,21,23)/t12-/m1/s1. The molecule has 1 atom stereocenters. The quantitative estimate of drug-likeness (QED) is 0.862. The molecule has 1 heterocycles. The Labute approximate surface area is 146 Å². The van der Waals surface area contributed by atoms with Crippen LogP contribution in [0.5, 0.6) is 0 Å². The highest BCUT2D eigenvalue weighted by molar-refractivity contribution is 8.00. The van der Waals surface area contributed by atoms with E-state index in [1.165, 1.54) is 11.8 Å². The number of carbonyl (C=O) groups excluding carboxylic acids is 2. The Hall–Kier alpha value is -2.27. The van der Waals surface area contributed by atoms with E-state index in [4.69, 9.17) is 0 Å². The molecule has 0 unspecified atom stereocenters. The third-order valence-electron chi connectivity index (χ3n) is 4.23. The fourth-order valence-electron chi connectivity index (χ4n) is 2.68. The summed E-state index contributed by atoms with van der Waals surface area (Å²) in [5.74, 6) is 0.590. The van der Waals surface area contributed by atoms with Crippen molar-refractivity contribution in [2.75, 3.05) is 16.4 Å². The molecule has 1 aliphatic rings. The zero-order chi connectivity index (χ0) is 17.1. The summed E-state index contributed by atoms with van der Waals surface area (Å²) < 4.78 is 0. The van der Waals surface area contributed by atoms with Crippen LogP contribution in [-0.4, -0.2) is 17.6 Å². The number of amides is 2. The minimum Gasteiger partial charge on any atom is -0.324 e. The highest BCUT2D eigenvalue weighted by atomic mass is 32.2. The minimum atomic E-state index is -0.168. The Balaban J connectivity index is 1.84. The molecule has 2 amide bonds. The maximum atomic E-state index is 12.6. The van der Waals surface area contributed by atoms with Gasteiger partial charge in [-0.05, 0) is 42.2 Å². The molecule has 24 heavy (non-hydrogen) atoms. The average molecular weight is 340 g/mol. The highest BCUT2D eigenvalue weighted by Gasteiger charge is 2.18. The fraction of sp³-hybridized carbons (Fsp3) is 0.263. The van der Waals surface area contributed by atoms with Crippen LogP contribution in [0.25, 0.3) is 0 Å². The first kappa shape index (κ1) is 16.6. The van der Waals surface area contributed by atoms with Gasteiger partial charge in [0.1, 0.15) is 0 Å². The summed E-state index contributed by atoms with van der Waals surface area (Å²) in [5, 5.41) is 5.82. The number of hydrogen-bond donors (Lipinski definition) is 2. The van der Waals surface area contributed by atoms with E-state index in [0.29, 0.717) is 22.9 Å². The number of rotatable bonds is 4. The molecule has 0 spiro atoms. The summed E-state index contributed by atoms with van der Waals surface area (Å²) in [4.78, 5) is 25.1. The van der Waals surface area contributed by atoms with E-state index in [1.807, 2.05) is 30.3 Å². The summed E-state index contributed by atoms with van der Waals surface area (Å²) >= 11 is 1.49. The monoisotopic (exact) mass is 340 g/mol. The summed E-state index contributed by atoms with van der Waals surface area (Å²) in [6.45, 7) is 4.28. The van der Waals surface area contributed by atoms with Crippen molar-refractivity contribution >= 4 is 35.0 Å². The average Bonchev–Trinajstić information content (AvgIpc) is 2.60. The van der Waals surface area contributed by atoms with E-state index in [9.17, 15) is 9.59 Å². The third-order valence-corrected chi connectivity index (χ3v) is 5.30. The van der Waals surface area contributed by atoms with Crippen LogP contribution in [0.2, 0.25) is 0 Å². The van der Waals surface area contributed by atoms with Crippen molar-refractivity contribution in [2.24, 2.45) is 0 Å². The van der Waals surface area contributed by atoms with Crippen LogP contribution in [0.4, 0.5) is 11.4 Å². The molecule has 0 radical (unpaired) electrons. The van der Waals surface area contributed by atoms with Gasteiger partial charge in [-0.25, -0.2) is 0 Å². The van der Waals surface area contributed by atoms with Crippen LogP contribution >= 0.6 is 11.8 Å². The van der Waals surface area contributed by atoms with Crippen molar-refractivity contribution < 1.29 is 9.59 Å². The van der Waals surface area contributed by atoms with Gasteiger partial charge in [-0.2, -0.15) is 0 Å². The molecule has 2 N–H and O–H groups in total. The van der Waals surface area contributed by atoms with Gasteiger partial charge in [0.05, 0.1) is 11.4 Å². The van der Waals surface area contributed by atoms with Gasteiger partial charge in [-0.3, -0.25) is 9.59 Å². The van der Waals surface area contributed by atoms with E-state index < -0.39 is 0 Å². The normalized spacial score (nSPS) is 14.5. The van der Waals surface area contributed by atoms with E-state index in [1.54, 1.807) is 12.1 Å². The Morgan fingerprint density at radius 1 is 1.29 bits per heavy atom. The molecule has 1 aliphatic heterocycles. The van der Waals surface area contributed by atoms with E-state index in [-0.39, 0.29) is 11.8 Å². The van der Waals surface area contributed by atoms with Crippen molar-refractivity contribution in [3.8, 4) is 0 Å². The smallest absolute Gasteiger partial charge is 0.255 e. The number of anilines is 2. The second-order valence-corrected chi connectivity index (χ2v) is 6.92. The zero-order valence-electron chi connectivity index (χ0n) is 13.8. The van der Waals surface area contributed by atoms with Gasteiger partial charge in [0.15, 0.2) is 0 Å². The maximum Gasteiger partial charge on any atom is 0.255 e. The molecule has 0 saturated heterocycles. The Kier molecular flexibility index (Phi) is 4.90. The van der Waals surface area contributed by atoms with Crippen LogP contribution in [-0.2, 0) is 4.79 Å². The summed E-state index contributed by atoms with van der Waals surface area (Å²) in [6, 6.07) is 13.3. The molecule has 3 rings (SSSR count). The van der Waals surface area contributed by atoms with Crippen molar-refractivity contribution in [3.63, 3.8) is 0 Å². The Morgan fingerprint density at radius 3 is 2.88 bits per heavy atom. The predicted molar refractivity (Wildman–Crippen MR) is 98.9 cm³/mol. The minimum absolute atomic E-state index is 0.0350. The molecule has 4 nitrogen and oxygen atoms in total. The van der Waals surface area contributed by atoms with Crippen molar-refractivity contribution in [2.45, 2.75) is 31.1 Å². The van der Waals surface area contributed by atoms with Crippen molar-refractivity contribution in [1.82, 2.24) is 0 Å². The van der Waals surface area contributed by atoms with Gasteiger partial charge < -0.3 is 10.6 Å². The second-order valence-electron chi connectivity index (χ2n) is 5.90. The van der Waals surface area contributed by atoms with Crippen LogP contribution < -0.4 is 10.6 Å². The number of hydrogen-bond acceptors (Lipinski definition) is 3. The topological polar surface area (TPSA) is 58.2 Å². The molecular formula is C19H20N2O2S. The van der Waals surface area contributed by atoms with Crippen molar-refractivity contribution in [3.05, 3.63) is 53.6 Å². The second kappa shape index (κ2) is 7.09. The molecular weight excluding hydrogens is 320 g/mol. The molecule has 5 heteroatoms. The van der Waals surface area contributed by atoms with Gasteiger partial charge in [0, 0.05) is 16.1 Å². The molecule has 0 aromatic heterocycles. The number of para-hydroxylation sites is 1. The number of benzene rings is 2. The maximum absolute atomic E-state index is 12.6. The number of fused-ring (bicyclic) bond motifs is 1. The van der Waals surface area contributed by atoms with Crippen LogP contribution in [0, 0.1) is 0 Å². The van der Waals surface area contributed by atoms with Gasteiger partial charge in [0.2, 0.25) is 5.91 Å². The van der Waals surface area contributed by atoms with Gasteiger partial charge >= 0.3 is 0 Å². The summed E-state index contributed by atoms with van der Waals surface area (Å²) in [5.41, 5.74) is 3.22. The Morgan fingerprint density at radius 2 is 2.08 bits per heavy atom. The zero-order valence-corrected chi connectivity index (χ0v) is 14.6. The number of thioether (sulfide) groups is 1. The molecule has 0 aliphatic carbocycles. The SMILES string of the molecule is CC[C@@H](C)c1ccccc1NC(=O)c1ccc2c(c1)NC(=O)CS2. The van der Waals surface area contributed by atoms with Gasteiger partial charge in [-0.1, -0.05) is 32.0 Å². The summed E-state index contributed by atoms with van der Waals surface area (Å²) in [7, 11) is 0. The predicted octanol–water partition coefficient (Wildman–Crippen LogP) is 4.50. The van der Waals surface area contributed by atoms with E-state index in [0.717, 1.165) is 22.6 Å². The van der Waals surface area contributed by atoms with Crippen LogP contribution in [0.1, 0.15) is 42.1 Å². The molecule has 0 bridgehead atoms. The molecule has 2 aromatic carbocycles. The lowest BCUT2D eigenvalue weighted by atomic mass is 9.97.